The number of imide groups is 1. The Hall–Kier alpha value is -2.18. The first-order chi connectivity index (χ1) is 11.1. The molecule has 0 radical (unpaired) electrons. The van der Waals surface area contributed by atoms with Gasteiger partial charge in [-0.1, -0.05) is 42.4 Å². The number of benzene rings is 1. The number of hydrogen-bond acceptors (Lipinski definition) is 5. The third-order valence-electron chi connectivity index (χ3n) is 4.22. The Morgan fingerprint density at radius 3 is 2.74 bits per heavy atom. The Kier molecular flexibility index (Phi) is 4.19. The van der Waals surface area contributed by atoms with Crippen LogP contribution in [0.4, 0.5) is 4.79 Å². The van der Waals surface area contributed by atoms with E-state index in [0.29, 0.717) is 0 Å². The molecule has 2 aliphatic heterocycles. The van der Waals surface area contributed by atoms with Gasteiger partial charge in [0, 0.05) is 21.8 Å². The van der Waals surface area contributed by atoms with E-state index in [-0.39, 0.29) is 6.61 Å². The molecule has 1 aromatic rings. The maximum atomic E-state index is 12.9. The maximum absolute atomic E-state index is 12.9. The Morgan fingerprint density at radius 1 is 1.48 bits per heavy atom. The van der Waals surface area contributed by atoms with Crippen LogP contribution in [0.25, 0.3) is 10.4 Å². The third kappa shape index (κ3) is 2.75. The largest absolute Gasteiger partial charge is 0.446 e. The lowest BCUT2D eigenvalue weighted by atomic mass is 9.84. The normalized spacial score (nSPS) is 23.4. The molecule has 23 heavy (non-hydrogen) atoms. The van der Waals surface area contributed by atoms with Gasteiger partial charge in [-0.15, -0.1) is 0 Å². The van der Waals surface area contributed by atoms with Crippen molar-refractivity contribution in [1.29, 1.82) is 0 Å². The molecule has 2 heterocycles. The summed E-state index contributed by atoms with van der Waals surface area (Å²) < 4.78 is 5.07. The summed E-state index contributed by atoms with van der Waals surface area (Å²) in [5.41, 5.74) is 9.23. The number of hydrogen-bond donors (Lipinski definition) is 0. The molecule has 0 bridgehead atoms. The number of nitrogens with zero attached hydrogens (tertiary/aromatic N) is 4. The molecule has 0 aromatic heterocycles. The first-order valence-corrected chi connectivity index (χ1v) is 8.39. The molecular formula is C15H16N4O3S. The van der Waals surface area contributed by atoms with Gasteiger partial charge in [-0.05, 0) is 11.1 Å². The summed E-state index contributed by atoms with van der Waals surface area (Å²) in [5, 5.41) is 3.69. The van der Waals surface area contributed by atoms with E-state index in [4.69, 9.17) is 10.3 Å². The van der Waals surface area contributed by atoms with Gasteiger partial charge >= 0.3 is 6.09 Å². The third-order valence-corrected chi connectivity index (χ3v) is 5.95. The van der Waals surface area contributed by atoms with Crippen LogP contribution in [0.3, 0.4) is 0 Å². The Labute approximate surface area is 137 Å². The molecule has 2 atom stereocenters. The maximum Gasteiger partial charge on any atom is 0.417 e. The highest BCUT2D eigenvalue weighted by Gasteiger charge is 2.49. The predicted octanol–water partition coefficient (Wildman–Crippen LogP) is 3.14. The Balaban J connectivity index is 1.91. The zero-order chi connectivity index (χ0) is 16.4. The molecule has 2 saturated heterocycles. The van der Waals surface area contributed by atoms with Gasteiger partial charge in [0.25, 0.3) is 0 Å². The van der Waals surface area contributed by atoms with Crippen molar-refractivity contribution in [3.63, 3.8) is 0 Å². The van der Waals surface area contributed by atoms with Crippen LogP contribution in [0, 0.1) is 5.41 Å². The quantitative estimate of drug-likeness (QED) is 0.481. The van der Waals surface area contributed by atoms with E-state index in [1.54, 1.807) is 11.8 Å². The average molecular weight is 332 g/mol. The highest BCUT2D eigenvalue weighted by atomic mass is 32.2. The minimum absolute atomic E-state index is 0.114. The standard InChI is InChI=1S/C15H16N4O3S/c1-15(8-23-9-15)12(17-18-16)13(20)19-11(7-22-14(19)21)10-5-3-2-4-6-10/h2-6,11-12H,7-9H2,1H3. The summed E-state index contributed by atoms with van der Waals surface area (Å²) in [5.74, 6) is 0.963. The summed E-state index contributed by atoms with van der Waals surface area (Å²) in [4.78, 5) is 28.9. The molecule has 2 amide bonds. The van der Waals surface area contributed by atoms with Crippen molar-refractivity contribution in [2.45, 2.75) is 19.0 Å². The van der Waals surface area contributed by atoms with Gasteiger partial charge in [-0.25, -0.2) is 9.69 Å². The number of carbonyl (C=O) groups is 2. The van der Waals surface area contributed by atoms with Gasteiger partial charge in [0.15, 0.2) is 0 Å². The zero-order valence-electron chi connectivity index (χ0n) is 12.6. The van der Waals surface area contributed by atoms with Crippen LogP contribution in [-0.2, 0) is 9.53 Å². The molecule has 0 aliphatic carbocycles. The van der Waals surface area contributed by atoms with Crippen LogP contribution in [0.5, 0.6) is 0 Å². The van der Waals surface area contributed by atoms with Crippen molar-refractivity contribution < 1.29 is 14.3 Å². The van der Waals surface area contributed by atoms with Crippen LogP contribution >= 0.6 is 11.8 Å². The summed E-state index contributed by atoms with van der Waals surface area (Å²) in [6.45, 7) is 2.02. The van der Waals surface area contributed by atoms with Gasteiger partial charge in [0.2, 0.25) is 5.91 Å². The van der Waals surface area contributed by atoms with Crippen LogP contribution in [0.1, 0.15) is 18.5 Å². The molecule has 1 aromatic carbocycles. The van der Waals surface area contributed by atoms with Gasteiger partial charge in [-0.3, -0.25) is 4.79 Å². The molecular weight excluding hydrogens is 316 g/mol. The van der Waals surface area contributed by atoms with E-state index in [1.807, 2.05) is 37.3 Å². The van der Waals surface area contributed by atoms with Crippen LogP contribution in [0.2, 0.25) is 0 Å². The first-order valence-electron chi connectivity index (χ1n) is 7.23. The van der Waals surface area contributed by atoms with Crippen molar-refractivity contribution in [1.82, 2.24) is 4.90 Å². The molecule has 8 heteroatoms. The number of thioether (sulfide) groups is 1. The highest BCUT2D eigenvalue weighted by Crippen LogP contribution is 2.43. The molecule has 0 spiro atoms. The number of cyclic esters (lactones) is 1. The van der Waals surface area contributed by atoms with E-state index in [9.17, 15) is 9.59 Å². The van der Waals surface area contributed by atoms with Crippen molar-refractivity contribution in [2.75, 3.05) is 18.1 Å². The molecule has 2 fully saturated rings. The van der Waals surface area contributed by atoms with Gasteiger partial charge in [0.1, 0.15) is 18.7 Å². The number of amides is 2. The van der Waals surface area contributed by atoms with Crippen molar-refractivity contribution in [3.8, 4) is 0 Å². The van der Waals surface area contributed by atoms with Crippen molar-refractivity contribution in [3.05, 3.63) is 46.3 Å². The topological polar surface area (TPSA) is 95.4 Å². The average Bonchev–Trinajstić information content (AvgIpc) is 2.92. The molecule has 2 unspecified atom stereocenters. The Morgan fingerprint density at radius 2 is 2.17 bits per heavy atom. The minimum Gasteiger partial charge on any atom is -0.446 e. The minimum atomic E-state index is -0.898. The fourth-order valence-electron chi connectivity index (χ4n) is 2.84. The molecule has 0 N–H and O–H groups in total. The van der Waals surface area contributed by atoms with Gasteiger partial charge in [0.05, 0.1) is 0 Å². The zero-order valence-corrected chi connectivity index (χ0v) is 13.4. The van der Waals surface area contributed by atoms with E-state index in [1.165, 1.54) is 0 Å². The molecule has 3 rings (SSSR count). The molecule has 2 aliphatic rings. The second-order valence-corrected chi connectivity index (χ2v) is 6.95. The monoisotopic (exact) mass is 332 g/mol. The van der Waals surface area contributed by atoms with E-state index < -0.39 is 29.5 Å². The van der Waals surface area contributed by atoms with Crippen LogP contribution < -0.4 is 0 Å². The number of azide groups is 1. The fraction of sp³-hybridized carbons (Fsp3) is 0.467. The lowest BCUT2D eigenvalue weighted by Crippen LogP contribution is -2.52. The van der Waals surface area contributed by atoms with E-state index in [0.717, 1.165) is 22.0 Å². The van der Waals surface area contributed by atoms with E-state index >= 15 is 0 Å². The van der Waals surface area contributed by atoms with Gasteiger partial charge < -0.3 is 4.74 Å². The predicted molar refractivity (Wildman–Crippen MR) is 85.7 cm³/mol. The fourth-order valence-corrected chi connectivity index (χ4v) is 4.00. The van der Waals surface area contributed by atoms with Crippen molar-refractivity contribution in [2.24, 2.45) is 10.5 Å². The molecule has 7 nitrogen and oxygen atoms in total. The summed E-state index contributed by atoms with van der Waals surface area (Å²) in [7, 11) is 0. The summed E-state index contributed by atoms with van der Waals surface area (Å²) in [6.07, 6.45) is -0.683. The number of rotatable bonds is 4. The lowest BCUT2D eigenvalue weighted by molar-refractivity contribution is -0.132. The lowest BCUT2D eigenvalue weighted by Gasteiger charge is -2.42. The van der Waals surface area contributed by atoms with Crippen LogP contribution in [0.15, 0.2) is 35.4 Å². The second-order valence-electron chi connectivity index (χ2n) is 5.97. The van der Waals surface area contributed by atoms with Crippen LogP contribution in [-0.4, -0.2) is 41.1 Å². The second kappa shape index (κ2) is 6.14. The van der Waals surface area contributed by atoms with Gasteiger partial charge in [-0.2, -0.15) is 11.8 Å². The smallest absolute Gasteiger partial charge is 0.417 e. The SMILES string of the molecule is CC1(C(N=[N+]=[N-])C(=O)N2C(=O)OCC2c2ccccc2)CSC1. The molecule has 120 valence electrons. The summed E-state index contributed by atoms with van der Waals surface area (Å²) in [6, 6.07) is 7.86. The van der Waals surface area contributed by atoms with Crippen molar-refractivity contribution >= 4 is 23.8 Å². The molecule has 0 saturated carbocycles. The summed E-state index contributed by atoms with van der Waals surface area (Å²) >= 11 is 1.69. The van der Waals surface area contributed by atoms with E-state index in [2.05, 4.69) is 10.0 Å². The number of ether oxygens (including phenoxy) is 1. The Bertz CT molecular complexity index is 671. The number of carbonyl (C=O) groups excluding carboxylic acids is 2. The highest BCUT2D eigenvalue weighted by molar-refractivity contribution is 8.00. The first kappa shape index (κ1) is 15.7.